The van der Waals surface area contributed by atoms with Crippen molar-refractivity contribution in [1.29, 1.82) is 0 Å². The summed E-state index contributed by atoms with van der Waals surface area (Å²) in [6.07, 6.45) is 0.0721. The van der Waals surface area contributed by atoms with E-state index in [4.69, 9.17) is 11.5 Å². The van der Waals surface area contributed by atoms with Gasteiger partial charge in [-0.05, 0) is 35.6 Å². The number of amides is 4. The van der Waals surface area contributed by atoms with Gasteiger partial charge < -0.3 is 37.6 Å². The number of aliphatic carboxylic acids is 1. The second kappa shape index (κ2) is 15.2. The zero-order chi connectivity index (χ0) is 29.8. The molecule has 9 N–H and O–H groups in total. The number of aromatic hydroxyl groups is 1. The quantitative estimate of drug-likeness (QED) is 0.158. The van der Waals surface area contributed by atoms with E-state index in [-0.39, 0.29) is 18.6 Å². The largest absolute Gasteiger partial charge is 0.508 e. The van der Waals surface area contributed by atoms with Crippen LogP contribution in [0.5, 0.6) is 5.75 Å². The molecule has 0 radical (unpaired) electrons. The first-order valence-corrected chi connectivity index (χ1v) is 12.9. The molecule has 5 unspecified atom stereocenters. The fraction of sp³-hybridized carbons (Fsp3) is 0.393. The number of carboxylic acids is 1. The molecule has 0 saturated heterocycles. The van der Waals surface area contributed by atoms with Crippen LogP contribution in [0.25, 0.3) is 0 Å². The Morgan fingerprint density at radius 2 is 1.38 bits per heavy atom. The lowest BCUT2D eigenvalue weighted by molar-refractivity contribution is -0.144. The Labute approximate surface area is 232 Å². The van der Waals surface area contributed by atoms with Crippen LogP contribution in [0.1, 0.15) is 37.8 Å². The van der Waals surface area contributed by atoms with Crippen LogP contribution < -0.4 is 27.4 Å². The van der Waals surface area contributed by atoms with Crippen molar-refractivity contribution in [3.8, 4) is 5.75 Å². The van der Waals surface area contributed by atoms with E-state index in [1.807, 2.05) is 30.3 Å². The standard InChI is InChI=1S/C28H37N5O7/c1-3-16(2)24(27(38)32-22(28(39)40)15-23(30)35)33-26(37)21(14-18-9-11-19(34)12-10-18)31-25(36)20(29)13-17-7-5-4-6-8-17/h4-12,16,20-22,24,34H,3,13-15,29H2,1-2H3,(H2,30,35)(H,31,36)(H,32,38)(H,33,37)(H,39,40). The molecule has 4 amide bonds. The van der Waals surface area contributed by atoms with Gasteiger partial charge in [-0.3, -0.25) is 19.2 Å². The van der Waals surface area contributed by atoms with Crippen LogP contribution in [0.15, 0.2) is 54.6 Å². The van der Waals surface area contributed by atoms with Gasteiger partial charge in [-0.1, -0.05) is 62.7 Å². The maximum atomic E-state index is 13.5. The minimum atomic E-state index is -1.57. The van der Waals surface area contributed by atoms with Crippen LogP contribution in [-0.2, 0) is 36.8 Å². The van der Waals surface area contributed by atoms with E-state index in [1.165, 1.54) is 12.1 Å². The molecule has 0 bridgehead atoms. The van der Waals surface area contributed by atoms with Gasteiger partial charge in [0.25, 0.3) is 0 Å². The number of carboxylic acid groups (broad SMARTS) is 1. The average molecular weight is 556 g/mol. The number of carbonyl (C=O) groups is 5. The third-order valence-corrected chi connectivity index (χ3v) is 6.46. The van der Waals surface area contributed by atoms with E-state index in [0.717, 1.165) is 5.56 Å². The molecular formula is C28H37N5O7. The summed E-state index contributed by atoms with van der Waals surface area (Å²) in [5.41, 5.74) is 12.7. The number of nitrogens with two attached hydrogens (primary N) is 2. The summed E-state index contributed by atoms with van der Waals surface area (Å²) in [6, 6.07) is 10.3. The number of phenolic OH excluding ortho intramolecular Hbond substituents is 1. The maximum absolute atomic E-state index is 13.5. The highest BCUT2D eigenvalue weighted by atomic mass is 16.4. The SMILES string of the molecule is CCC(C)C(NC(=O)C(Cc1ccc(O)cc1)NC(=O)C(N)Cc1ccccc1)C(=O)NC(CC(N)=O)C(=O)O. The molecule has 0 aliphatic carbocycles. The minimum Gasteiger partial charge on any atom is -0.508 e. The smallest absolute Gasteiger partial charge is 0.326 e. The second-order valence-electron chi connectivity index (χ2n) is 9.67. The molecule has 2 rings (SSSR count). The molecule has 216 valence electrons. The highest BCUT2D eigenvalue weighted by molar-refractivity contribution is 5.95. The van der Waals surface area contributed by atoms with Crippen LogP contribution in [0.3, 0.4) is 0 Å². The summed E-state index contributed by atoms with van der Waals surface area (Å²) in [4.78, 5) is 62.3. The van der Waals surface area contributed by atoms with Crippen LogP contribution >= 0.6 is 0 Å². The van der Waals surface area contributed by atoms with E-state index in [0.29, 0.717) is 12.0 Å². The van der Waals surface area contributed by atoms with Crippen molar-refractivity contribution in [2.45, 2.75) is 63.7 Å². The lowest BCUT2D eigenvalue weighted by Gasteiger charge is -2.28. The van der Waals surface area contributed by atoms with E-state index in [1.54, 1.807) is 26.0 Å². The van der Waals surface area contributed by atoms with Crippen molar-refractivity contribution in [3.63, 3.8) is 0 Å². The summed E-state index contributed by atoms with van der Waals surface area (Å²) in [6.45, 7) is 3.48. The van der Waals surface area contributed by atoms with Crippen molar-refractivity contribution in [2.24, 2.45) is 17.4 Å². The van der Waals surface area contributed by atoms with Crippen LogP contribution in [0.2, 0.25) is 0 Å². The van der Waals surface area contributed by atoms with Crippen molar-refractivity contribution < 1.29 is 34.2 Å². The van der Waals surface area contributed by atoms with E-state index in [9.17, 15) is 34.2 Å². The molecule has 12 nitrogen and oxygen atoms in total. The Morgan fingerprint density at radius 1 is 0.800 bits per heavy atom. The second-order valence-corrected chi connectivity index (χ2v) is 9.67. The van der Waals surface area contributed by atoms with Crippen molar-refractivity contribution >= 4 is 29.6 Å². The molecule has 0 heterocycles. The highest BCUT2D eigenvalue weighted by Gasteiger charge is 2.33. The van der Waals surface area contributed by atoms with E-state index in [2.05, 4.69) is 16.0 Å². The number of primary amides is 1. The van der Waals surface area contributed by atoms with Gasteiger partial charge in [-0.15, -0.1) is 0 Å². The van der Waals surface area contributed by atoms with Gasteiger partial charge in [0, 0.05) is 6.42 Å². The van der Waals surface area contributed by atoms with Crippen molar-refractivity contribution in [1.82, 2.24) is 16.0 Å². The predicted octanol–water partition coefficient (Wildman–Crippen LogP) is -0.0348. The zero-order valence-electron chi connectivity index (χ0n) is 22.5. The summed E-state index contributed by atoms with van der Waals surface area (Å²) in [7, 11) is 0. The molecule has 0 saturated carbocycles. The van der Waals surface area contributed by atoms with Gasteiger partial charge in [0.05, 0.1) is 12.5 Å². The third kappa shape index (κ3) is 10.0. The summed E-state index contributed by atoms with van der Waals surface area (Å²) >= 11 is 0. The van der Waals surface area contributed by atoms with E-state index < -0.39 is 66.1 Å². The monoisotopic (exact) mass is 555 g/mol. The maximum Gasteiger partial charge on any atom is 0.326 e. The Morgan fingerprint density at radius 3 is 1.93 bits per heavy atom. The van der Waals surface area contributed by atoms with Crippen molar-refractivity contribution in [2.75, 3.05) is 0 Å². The fourth-order valence-corrected chi connectivity index (χ4v) is 3.94. The number of carbonyl (C=O) groups excluding carboxylic acids is 4. The number of nitrogens with one attached hydrogen (secondary N) is 3. The molecule has 0 aliphatic heterocycles. The number of phenols is 1. The molecule has 5 atom stereocenters. The van der Waals surface area contributed by atoms with Gasteiger partial charge in [0.1, 0.15) is 23.9 Å². The third-order valence-electron chi connectivity index (χ3n) is 6.46. The molecule has 0 fully saturated rings. The average Bonchev–Trinajstić information content (AvgIpc) is 2.91. The Hall–Kier alpha value is -4.45. The molecule has 0 spiro atoms. The number of rotatable bonds is 15. The molecular weight excluding hydrogens is 518 g/mol. The lowest BCUT2D eigenvalue weighted by Crippen LogP contribution is -2.59. The number of hydrogen-bond acceptors (Lipinski definition) is 7. The first kappa shape index (κ1) is 31.8. The molecule has 0 aromatic heterocycles. The first-order valence-electron chi connectivity index (χ1n) is 12.9. The van der Waals surface area contributed by atoms with Gasteiger partial charge in [-0.2, -0.15) is 0 Å². The summed E-state index contributed by atoms with van der Waals surface area (Å²) < 4.78 is 0. The van der Waals surface area contributed by atoms with Gasteiger partial charge >= 0.3 is 5.97 Å². The molecule has 2 aromatic rings. The molecule has 0 aliphatic rings. The fourth-order valence-electron chi connectivity index (χ4n) is 3.94. The van der Waals surface area contributed by atoms with Gasteiger partial charge in [0.2, 0.25) is 23.6 Å². The summed E-state index contributed by atoms with van der Waals surface area (Å²) in [5.74, 6) is -4.87. The minimum absolute atomic E-state index is 0.0180. The molecule has 12 heteroatoms. The lowest BCUT2D eigenvalue weighted by atomic mass is 9.96. The normalized spacial score (nSPS) is 14.6. The predicted molar refractivity (Wildman–Crippen MR) is 147 cm³/mol. The first-order chi connectivity index (χ1) is 18.9. The van der Waals surface area contributed by atoms with Crippen LogP contribution in [-0.4, -0.2) is 64.0 Å². The zero-order valence-corrected chi connectivity index (χ0v) is 22.5. The van der Waals surface area contributed by atoms with Gasteiger partial charge in [-0.25, -0.2) is 4.79 Å². The Balaban J connectivity index is 2.25. The van der Waals surface area contributed by atoms with Gasteiger partial charge in [0.15, 0.2) is 0 Å². The Bertz CT molecular complexity index is 1170. The number of benzene rings is 2. The van der Waals surface area contributed by atoms with E-state index >= 15 is 0 Å². The molecule has 40 heavy (non-hydrogen) atoms. The topological polar surface area (TPSA) is 214 Å². The molecule has 2 aromatic carbocycles. The highest BCUT2D eigenvalue weighted by Crippen LogP contribution is 2.14. The van der Waals surface area contributed by atoms with Crippen LogP contribution in [0, 0.1) is 5.92 Å². The van der Waals surface area contributed by atoms with Crippen molar-refractivity contribution in [3.05, 3.63) is 65.7 Å². The summed E-state index contributed by atoms with van der Waals surface area (Å²) in [5, 5.41) is 26.5. The van der Waals surface area contributed by atoms with Crippen LogP contribution in [0.4, 0.5) is 0 Å². The Kier molecular flexibility index (Phi) is 12.1. The number of hydrogen-bond donors (Lipinski definition) is 7.